The van der Waals surface area contributed by atoms with Crippen molar-refractivity contribution in [2.75, 3.05) is 26.3 Å². The van der Waals surface area contributed by atoms with Crippen LogP contribution < -0.4 is 14.8 Å². The molecule has 3 rings (SSSR count). The largest absolute Gasteiger partial charge is 0.486 e. The fraction of sp³-hybridized carbons (Fsp3) is 0.667. The first kappa shape index (κ1) is 17.8. The van der Waals surface area contributed by atoms with Crippen LogP contribution in [0.4, 0.5) is 4.79 Å². The number of ether oxygens (including phenoxy) is 3. The molecule has 7 nitrogen and oxygen atoms in total. The maximum absolute atomic E-state index is 12.8. The van der Waals surface area contributed by atoms with E-state index >= 15 is 0 Å². The molecule has 25 heavy (non-hydrogen) atoms. The summed E-state index contributed by atoms with van der Waals surface area (Å²) in [5.41, 5.74) is 0.357. The molecule has 2 aliphatic rings. The molecule has 7 heteroatoms. The number of nitrogens with one attached hydrogen (secondary N) is 1. The lowest BCUT2D eigenvalue weighted by molar-refractivity contribution is 0.0311. The quantitative estimate of drug-likeness (QED) is 0.903. The zero-order valence-electron chi connectivity index (χ0n) is 15.2. The number of rotatable bonds is 3. The number of piperidine rings is 1. The Morgan fingerprint density at radius 3 is 2.64 bits per heavy atom. The fourth-order valence-electron chi connectivity index (χ4n) is 3.31. The van der Waals surface area contributed by atoms with Crippen molar-refractivity contribution >= 4 is 6.09 Å². The molecule has 1 saturated heterocycles. The van der Waals surface area contributed by atoms with Gasteiger partial charge in [-0.05, 0) is 46.7 Å². The first-order valence-corrected chi connectivity index (χ1v) is 8.86. The van der Waals surface area contributed by atoms with Crippen LogP contribution in [0.1, 0.15) is 39.3 Å². The highest BCUT2D eigenvalue weighted by Crippen LogP contribution is 2.30. The van der Waals surface area contributed by atoms with E-state index in [2.05, 4.69) is 10.3 Å². The number of nitrogens with zero attached hydrogens (tertiary/aromatic N) is 2. The Labute approximate surface area is 148 Å². The second-order valence-corrected chi connectivity index (χ2v) is 7.40. The SMILES string of the molecule is CC(C)(C)N(C(=O)OCc1cc2c(cn1)OCCO2)C1CCNCC1. The molecule has 2 aliphatic heterocycles. The Morgan fingerprint density at radius 1 is 1.28 bits per heavy atom. The molecular formula is C18H27N3O4. The number of carbonyl (C=O) groups is 1. The third kappa shape index (κ3) is 4.34. The van der Waals surface area contributed by atoms with Gasteiger partial charge in [0.1, 0.15) is 19.8 Å². The molecule has 1 fully saturated rings. The van der Waals surface area contributed by atoms with Crippen molar-refractivity contribution in [1.82, 2.24) is 15.2 Å². The third-order valence-electron chi connectivity index (χ3n) is 4.42. The number of hydrogen-bond acceptors (Lipinski definition) is 6. The highest BCUT2D eigenvalue weighted by atomic mass is 16.6. The van der Waals surface area contributed by atoms with Crippen LogP contribution in [0.15, 0.2) is 12.3 Å². The predicted octanol–water partition coefficient (Wildman–Crippen LogP) is 2.34. The average molecular weight is 349 g/mol. The molecule has 0 aromatic carbocycles. The van der Waals surface area contributed by atoms with E-state index in [9.17, 15) is 4.79 Å². The van der Waals surface area contributed by atoms with Gasteiger partial charge in [0.2, 0.25) is 0 Å². The molecule has 0 bridgehead atoms. The van der Waals surface area contributed by atoms with Gasteiger partial charge in [0.15, 0.2) is 11.5 Å². The van der Waals surface area contributed by atoms with Crippen molar-refractivity contribution in [3.8, 4) is 11.5 Å². The lowest BCUT2D eigenvalue weighted by atomic mass is 9.98. The van der Waals surface area contributed by atoms with E-state index in [0.717, 1.165) is 25.9 Å². The van der Waals surface area contributed by atoms with Crippen molar-refractivity contribution in [2.45, 2.75) is 51.8 Å². The van der Waals surface area contributed by atoms with E-state index in [-0.39, 0.29) is 24.3 Å². The van der Waals surface area contributed by atoms with Crippen molar-refractivity contribution in [2.24, 2.45) is 0 Å². The molecule has 138 valence electrons. The molecule has 1 aromatic heterocycles. The fourth-order valence-corrected chi connectivity index (χ4v) is 3.31. The van der Waals surface area contributed by atoms with Crippen LogP contribution in [0.2, 0.25) is 0 Å². The Kier molecular flexibility index (Phi) is 5.32. The number of fused-ring (bicyclic) bond motifs is 1. The Hall–Kier alpha value is -2.02. The molecule has 0 atom stereocenters. The van der Waals surface area contributed by atoms with Crippen LogP contribution in [0.25, 0.3) is 0 Å². The summed E-state index contributed by atoms with van der Waals surface area (Å²) in [7, 11) is 0. The van der Waals surface area contributed by atoms with Crippen LogP contribution in [0.5, 0.6) is 11.5 Å². The average Bonchev–Trinajstić information content (AvgIpc) is 2.59. The summed E-state index contributed by atoms with van der Waals surface area (Å²) in [5, 5.41) is 3.33. The van der Waals surface area contributed by atoms with E-state index in [4.69, 9.17) is 14.2 Å². The molecule has 0 radical (unpaired) electrons. The molecule has 0 unspecified atom stereocenters. The van der Waals surface area contributed by atoms with E-state index in [1.54, 1.807) is 12.3 Å². The van der Waals surface area contributed by atoms with E-state index < -0.39 is 0 Å². The molecule has 3 heterocycles. The summed E-state index contributed by atoms with van der Waals surface area (Å²) in [6.07, 6.45) is 3.20. The molecule has 1 N–H and O–H groups in total. The minimum atomic E-state index is -0.295. The summed E-state index contributed by atoms with van der Waals surface area (Å²) in [6.45, 7) is 9.13. The minimum Gasteiger partial charge on any atom is -0.486 e. The van der Waals surface area contributed by atoms with Gasteiger partial charge in [-0.1, -0.05) is 0 Å². The summed E-state index contributed by atoms with van der Waals surface area (Å²) in [5.74, 6) is 1.28. The van der Waals surface area contributed by atoms with E-state index in [0.29, 0.717) is 30.4 Å². The molecular weight excluding hydrogens is 322 g/mol. The van der Waals surface area contributed by atoms with Gasteiger partial charge in [0.05, 0.1) is 11.9 Å². The number of amides is 1. The van der Waals surface area contributed by atoms with Gasteiger partial charge >= 0.3 is 6.09 Å². The Bertz CT molecular complexity index is 609. The molecule has 1 aromatic rings. The first-order chi connectivity index (χ1) is 11.9. The zero-order chi connectivity index (χ0) is 17.9. The summed E-state index contributed by atoms with van der Waals surface area (Å²) in [4.78, 5) is 18.9. The number of hydrogen-bond donors (Lipinski definition) is 1. The van der Waals surface area contributed by atoms with Gasteiger partial charge in [-0.25, -0.2) is 4.79 Å². The lowest BCUT2D eigenvalue weighted by Crippen LogP contribution is -2.54. The highest BCUT2D eigenvalue weighted by Gasteiger charge is 2.35. The maximum Gasteiger partial charge on any atom is 0.410 e. The van der Waals surface area contributed by atoms with Crippen molar-refractivity contribution in [3.05, 3.63) is 18.0 Å². The Morgan fingerprint density at radius 2 is 1.96 bits per heavy atom. The van der Waals surface area contributed by atoms with Gasteiger partial charge in [-0.3, -0.25) is 4.98 Å². The smallest absolute Gasteiger partial charge is 0.410 e. The number of carbonyl (C=O) groups excluding carboxylic acids is 1. The Balaban J connectivity index is 1.65. The van der Waals surface area contributed by atoms with Crippen LogP contribution in [0, 0.1) is 0 Å². The van der Waals surface area contributed by atoms with Crippen molar-refractivity contribution in [3.63, 3.8) is 0 Å². The van der Waals surface area contributed by atoms with Crippen molar-refractivity contribution < 1.29 is 19.0 Å². The summed E-state index contributed by atoms with van der Waals surface area (Å²) < 4.78 is 16.6. The van der Waals surface area contributed by atoms with Gasteiger partial charge < -0.3 is 24.4 Å². The molecule has 0 saturated carbocycles. The summed E-state index contributed by atoms with van der Waals surface area (Å²) >= 11 is 0. The van der Waals surface area contributed by atoms with Gasteiger partial charge in [0.25, 0.3) is 0 Å². The lowest BCUT2D eigenvalue weighted by Gasteiger charge is -2.42. The van der Waals surface area contributed by atoms with Crippen LogP contribution in [-0.4, -0.2) is 53.9 Å². The van der Waals surface area contributed by atoms with Crippen LogP contribution in [0.3, 0.4) is 0 Å². The topological polar surface area (TPSA) is 72.9 Å². The molecule has 0 aliphatic carbocycles. The standard InChI is InChI=1S/C18H27N3O4/c1-18(2,3)21(14-4-6-19-7-5-14)17(22)25-12-13-10-15-16(11-20-13)24-9-8-23-15/h10-11,14,19H,4-9,12H2,1-3H3. The second-order valence-electron chi connectivity index (χ2n) is 7.40. The molecule has 0 spiro atoms. The highest BCUT2D eigenvalue weighted by molar-refractivity contribution is 5.69. The zero-order valence-corrected chi connectivity index (χ0v) is 15.2. The van der Waals surface area contributed by atoms with Crippen molar-refractivity contribution in [1.29, 1.82) is 0 Å². The van der Waals surface area contributed by atoms with Crippen LogP contribution in [-0.2, 0) is 11.3 Å². The number of aromatic nitrogens is 1. The molecule has 1 amide bonds. The second kappa shape index (κ2) is 7.47. The first-order valence-electron chi connectivity index (χ1n) is 8.86. The summed E-state index contributed by atoms with van der Waals surface area (Å²) in [6, 6.07) is 1.97. The normalized spacial score (nSPS) is 17.9. The van der Waals surface area contributed by atoms with Gasteiger partial charge in [0, 0.05) is 17.6 Å². The van der Waals surface area contributed by atoms with E-state index in [1.165, 1.54) is 0 Å². The van der Waals surface area contributed by atoms with Gasteiger partial charge in [-0.15, -0.1) is 0 Å². The van der Waals surface area contributed by atoms with Gasteiger partial charge in [-0.2, -0.15) is 0 Å². The maximum atomic E-state index is 12.8. The third-order valence-corrected chi connectivity index (χ3v) is 4.42. The number of pyridine rings is 1. The monoisotopic (exact) mass is 349 g/mol. The predicted molar refractivity (Wildman–Crippen MR) is 92.9 cm³/mol. The van der Waals surface area contributed by atoms with E-state index in [1.807, 2.05) is 25.7 Å². The van der Waals surface area contributed by atoms with Crippen LogP contribution >= 0.6 is 0 Å². The minimum absolute atomic E-state index is 0.118.